The van der Waals surface area contributed by atoms with Gasteiger partial charge in [-0.1, -0.05) is 23.2 Å². The summed E-state index contributed by atoms with van der Waals surface area (Å²) in [4.78, 5) is 0. The van der Waals surface area contributed by atoms with E-state index in [0.29, 0.717) is 18.1 Å². The van der Waals surface area contributed by atoms with E-state index in [1.165, 1.54) is 16.8 Å². The molecular formula is C12H14Cl2FN5. The molecule has 0 fully saturated rings. The molecular weight excluding hydrogens is 304 g/mol. The van der Waals surface area contributed by atoms with Crippen molar-refractivity contribution in [2.75, 3.05) is 0 Å². The molecule has 0 unspecified atom stereocenters. The molecule has 0 radical (unpaired) electrons. The number of nitrogens with one attached hydrogen (secondary N) is 1. The molecule has 0 atom stereocenters. The third-order valence-corrected chi connectivity index (χ3v) is 3.07. The molecule has 20 heavy (non-hydrogen) atoms. The summed E-state index contributed by atoms with van der Waals surface area (Å²) in [6.07, 6.45) is 0. The molecule has 0 saturated carbocycles. The predicted octanol–water partition coefficient (Wildman–Crippen LogP) is 3.00. The fraction of sp³-hybridized carbons (Fsp3) is 0.417. The number of hydrogen-bond donors (Lipinski definition) is 1. The average Bonchev–Trinajstić information content (AvgIpc) is 2.80. The maximum absolute atomic E-state index is 13.4. The van der Waals surface area contributed by atoms with Crippen molar-refractivity contribution in [1.29, 1.82) is 0 Å². The second-order valence-electron chi connectivity index (χ2n) is 5.33. The van der Waals surface area contributed by atoms with Crippen molar-refractivity contribution >= 4 is 23.2 Å². The van der Waals surface area contributed by atoms with Crippen LogP contribution in [0.4, 0.5) is 4.39 Å². The Kier molecular flexibility index (Phi) is 4.27. The Morgan fingerprint density at radius 2 is 1.85 bits per heavy atom. The van der Waals surface area contributed by atoms with Crippen LogP contribution in [0.2, 0.25) is 10.0 Å². The minimum atomic E-state index is -0.653. The van der Waals surface area contributed by atoms with Crippen molar-refractivity contribution in [3.63, 3.8) is 0 Å². The van der Waals surface area contributed by atoms with Gasteiger partial charge in [-0.05, 0) is 43.3 Å². The van der Waals surface area contributed by atoms with E-state index in [4.69, 9.17) is 23.2 Å². The second-order valence-corrected chi connectivity index (χ2v) is 6.15. The lowest BCUT2D eigenvalue weighted by atomic mass is 10.1. The Morgan fingerprint density at radius 3 is 2.40 bits per heavy atom. The van der Waals surface area contributed by atoms with Crippen molar-refractivity contribution in [1.82, 2.24) is 25.5 Å². The van der Waals surface area contributed by atoms with Crippen LogP contribution in [0.15, 0.2) is 12.1 Å². The van der Waals surface area contributed by atoms with Crippen LogP contribution in [0.1, 0.15) is 26.6 Å². The van der Waals surface area contributed by atoms with Crippen molar-refractivity contribution in [3.05, 3.63) is 33.8 Å². The largest absolute Gasteiger partial charge is 0.305 e. The first-order chi connectivity index (χ1) is 9.28. The molecule has 0 bridgehead atoms. The molecule has 0 aliphatic heterocycles. The molecule has 2 aromatic rings. The van der Waals surface area contributed by atoms with E-state index in [-0.39, 0.29) is 15.6 Å². The summed E-state index contributed by atoms with van der Waals surface area (Å²) in [5, 5.41) is 14.6. The number of halogens is 3. The lowest BCUT2D eigenvalue weighted by Crippen LogP contribution is -2.35. The van der Waals surface area contributed by atoms with Crippen molar-refractivity contribution < 1.29 is 4.39 Å². The standard InChI is InChI=1S/C12H14Cl2FN5/c1-12(2,3)16-6-10-17-18-19-20(10)7-4-8(13)11(15)9(14)5-7/h4-5,16H,6H2,1-3H3. The van der Waals surface area contributed by atoms with E-state index in [0.717, 1.165) is 0 Å². The highest BCUT2D eigenvalue weighted by atomic mass is 35.5. The molecule has 0 spiro atoms. The molecule has 2 rings (SSSR count). The molecule has 5 nitrogen and oxygen atoms in total. The summed E-state index contributed by atoms with van der Waals surface area (Å²) >= 11 is 11.6. The molecule has 1 aromatic carbocycles. The average molecular weight is 318 g/mol. The predicted molar refractivity (Wildman–Crippen MR) is 75.7 cm³/mol. The molecule has 0 aliphatic rings. The van der Waals surface area contributed by atoms with Crippen LogP contribution in [-0.2, 0) is 6.54 Å². The van der Waals surface area contributed by atoms with Crippen LogP contribution in [0, 0.1) is 5.82 Å². The highest BCUT2D eigenvalue weighted by Crippen LogP contribution is 2.26. The van der Waals surface area contributed by atoms with Crippen LogP contribution in [0.3, 0.4) is 0 Å². The number of benzene rings is 1. The maximum Gasteiger partial charge on any atom is 0.170 e. The van der Waals surface area contributed by atoms with Gasteiger partial charge in [0.05, 0.1) is 22.3 Å². The zero-order chi connectivity index (χ0) is 14.9. The maximum atomic E-state index is 13.4. The topological polar surface area (TPSA) is 55.6 Å². The van der Waals surface area contributed by atoms with E-state index in [1.807, 2.05) is 20.8 Å². The fourth-order valence-electron chi connectivity index (χ4n) is 1.53. The molecule has 0 saturated heterocycles. The van der Waals surface area contributed by atoms with E-state index < -0.39 is 5.82 Å². The van der Waals surface area contributed by atoms with E-state index in [9.17, 15) is 4.39 Å². The third-order valence-electron chi connectivity index (χ3n) is 2.52. The summed E-state index contributed by atoms with van der Waals surface area (Å²) in [7, 11) is 0. The van der Waals surface area contributed by atoms with Gasteiger partial charge in [-0.15, -0.1) is 5.10 Å². The summed E-state index contributed by atoms with van der Waals surface area (Å²) in [5.41, 5.74) is 0.437. The molecule has 1 aromatic heterocycles. The van der Waals surface area contributed by atoms with Crippen molar-refractivity contribution in [3.8, 4) is 5.69 Å². The minimum absolute atomic E-state index is 0.0715. The lowest BCUT2D eigenvalue weighted by Gasteiger charge is -2.19. The van der Waals surface area contributed by atoms with Crippen LogP contribution < -0.4 is 5.32 Å². The molecule has 0 amide bonds. The summed E-state index contributed by atoms with van der Waals surface area (Å²) in [5.74, 6) is -0.0711. The minimum Gasteiger partial charge on any atom is -0.305 e. The third kappa shape index (κ3) is 3.45. The Labute approximate surface area is 126 Å². The van der Waals surface area contributed by atoms with Gasteiger partial charge in [-0.2, -0.15) is 4.68 Å². The van der Waals surface area contributed by atoms with Gasteiger partial charge in [-0.25, -0.2) is 4.39 Å². The number of tetrazole rings is 1. The van der Waals surface area contributed by atoms with Crippen LogP contribution in [0.5, 0.6) is 0 Å². The highest BCUT2D eigenvalue weighted by Gasteiger charge is 2.15. The summed E-state index contributed by atoms with van der Waals surface area (Å²) in [6.45, 7) is 6.56. The van der Waals surface area contributed by atoms with Gasteiger partial charge in [0.25, 0.3) is 0 Å². The number of rotatable bonds is 3. The normalized spacial score (nSPS) is 11.9. The smallest absolute Gasteiger partial charge is 0.170 e. The molecule has 108 valence electrons. The van der Waals surface area contributed by atoms with Gasteiger partial charge in [0.1, 0.15) is 0 Å². The summed E-state index contributed by atoms with van der Waals surface area (Å²) < 4.78 is 14.9. The number of hydrogen-bond acceptors (Lipinski definition) is 4. The zero-order valence-corrected chi connectivity index (χ0v) is 12.8. The van der Waals surface area contributed by atoms with Crippen LogP contribution in [0.25, 0.3) is 5.69 Å². The Morgan fingerprint density at radius 1 is 1.25 bits per heavy atom. The zero-order valence-electron chi connectivity index (χ0n) is 11.3. The van der Waals surface area contributed by atoms with E-state index >= 15 is 0 Å². The molecule has 0 aliphatic carbocycles. The second kappa shape index (κ2) is 5.63. The SMILES string of the molecule is CC(C)(C)NCc1nnnn1-c1cc(Cl)c(F)c(Cl)c1. The highest BCUT2D eigenvalue weighted by molar-refractivity contribution is 6.35. The van der Waals surface area contributed by atoms with Gasteiger partial charge in [0.15, 0.2) is 11.6 Å². The van der Waals surface area contributed by atoms with Crippen molar-refractivity contribution in [2.45, 2.75) is 32.9 Å². The van der Waals surface area contributed by atoms with Gasteiger partial charge < -0.3 is 5.32 Å². The first kappa shape index (κ1) is 15.2. The Balaban J connectivity index is 2.33. The number of nitrogens with zero attached hydrogens (tertiary/aromatic N) is 4. The van der Waals surface area contributed by atoms with Crippen LogP contribution >= 0.6 is 23.2 Å². The van der Waals surface area contributed by atoms with Crippen molar-refractivity contribution in [2.24, 2.45) is 0 Å². The summed E-state index contributed by atoms with van der Waals surface area (Å²) in [6, 6.07) is 2.86. The van der Waals surface area contributed by atoms with Gasteiger partial charge in [0.2, 0.25) is 0 Å². The fourth-order valence-corrected chi connectivity index (χ4v) is 2.00. The molecule has 1 heterocycles. The van der Waals surface area contributed by atoms with Gasteiger partial charge >= 0.3 is 0 Å². The first-order valence-electron chi connectivity index (χ1n) is 5.95. The van der Waals surface area contributed by atoms with E-state index in [1.54, 1.807) is 0 Å². The Bertz CT molecular complexity index is 598. The van der Waals surface area contributed by atoms with E-state index in [2.05, 4.69) is 20.8 Å². The van der Waals surface area contributed by atoms with Gasteiger partial charge in [0, 0.05) is 5.54 Å². The molecule has 8 heteroatoms. The lowest BCUT2D eigenvalue weighted by molar-refractivity contribution is 0.415. The first-order valence-corrected chi connectivity index (χ1v) is 6.71. The van der Waals surface area contributed by atoms with Crippen LogP contribution in [-0.4, -0.2) is 25.7 Å². The quantitative estimate of drug-likeness (QED) is 0.884. The monoisotopic (exact) mass is 317 g/mol. The number of aromatic nitrogens is 4. The Hall–Kier alpha value is -1.24. The van der Waals surface area contributed by atoms with Gasteiger partial charge in [-0.3, -0.25) is 0 Å². The molecule has 1 N–H and O–H groups in total.